The van der Waals surface area contributed by atoms with Crippen molar-refractivity contribution in [3.63, 3.8) is 0 Å². The molecular formula is C12H17ClN2O4. The van der Waals surface area contributed by atoms with Crippen molar-refractivity contribution >= 4 is 5.69 Å². The van der Waals surface area contributed by atoms with Gasteiger partial charge in [-0.15, -0.1) is 10.2 Å². The molecule has 1 aliphatic rings. The number of rotatable bonds is 2. The molecule has 1 atom stereocenters. The zero-order valence-corrected chi connectivity index (χ0v) is 11.6. The van der Waals surface area contributed by atoms with E-state index in [9.17, 15) is 0 Å². The van der Waals surface area contributed by atoms with Crippen LogP contribution in [0.15, 0.2) is 42.6 Å². The lowest BCUT2D eigenvalue weighted by atomic mass is 10.3. The average molecular weight is 289 g/mol. The van der Waals surface area contributed by atoms with Gasteiger partial charge in [0.05, 0.1) is 19.8 Å². The van der Waals surface area contributed by atoms with E-state index in [2.05, 4.69) is 61.7 Å². The Labute approximate surface area is 114 Å². The number of para-hydroxylation sites is 1. The zero-order chi connectivity index (χ0) is 14.5. The van der Waals surface area contributed by atoms with Gasteiger partial charge in [-0.1, -0.05) is 18.2 Å². The molecule has 19 heavy (non-hydrogen) atoms. The molecule has 2 rings (SSSR count). The highest BCUT2D eigenvalue weighted by Crippen LogP contribution is 2.23. The summed E-state index contributed by atoms with van der Waals surface area (Å²) < 4.78 is 34.9. The van der Waals surface area contributed by atoms with Crippen LogP contribution in [0.3, 0.4) is 0 Å². The molecule has 0 radical (unpaired) electrons. The predicted octanol–water partition coefficient (Wildman–Crippen LogP) is -2.35. The number of benzene rings is 1. The molecule has 0 amide bonds. The van der Waals surface area contributed by atoms with Crippen molar-refractivity contribution in [3.8, 4) is 0 Å². The van der Waals surface area contributed by atoms with Gasteiger partial charge < -0.3 is 0 Å². The molecule has 0 saturated heterocycles. The third-order valence-electron chi connectivity index (χ3n) is 2.99. The molecule has 1 unspecified atom stereocenters. The van der Waals surface area contributed by atoms with Gasteiger partial charge in [0.2, 0.25) is 0 Å². The van der Waals surface area contributed by atoms with Gasteiger partial charge in [-0.2, -0.15) is 4.59 Å². The first-order valence-electron chi connectivity index (χ1n) is 5.66. The van der Waals surface area contributed by atoms with Crippen molar-refractivity contribution in [1.82, 2.24) is 0 Å². The van der Waals surface area contributed by atoms with Crippen molar-refractivity contribution in [2.75, 3.05) is 25.6 Å². The van der Waals surface area contributed by atoms with Gasteiger partial charge in [0.15, 0.2) is 0 Å². The Kier molecular flexibility index (Phi) is 5.30. The first-order chi connectivity index (χ1) is 8.72. The molecule has 0 saturated carbocycles. The number of anilines is 1. The average Bonchev–Trinajstić information content (AvgIpc) is 2.75. The SMILES string of the molecule is CN(c1ccccc1)[N+]1(C)C=CCC1.[O-][Cl+3]([O-])([O-])[O-]. The standard InChI is InChI=1S/C12H17N2.ClHO4/c1-13(12-8-4-3-5-9-12)14(2)10-6-7-11-14;2-1(3,4)5/h3-6,8-10H,7,11H2,1-2H3;(H,2,3,4,5)/q+1;/p-1. The fraction of sp³-hybridized carbons (Fsp3) is 0.333. The summed E-state index contributed by atoms with van der Waals surface area (Å²) in [4.78, 5) is 0. The van der Waals surface area contributed by atoms with Crippen LogP contribution in [-0.4, -0.2) is 25.2 Å². The summed E-state index contributed by atoms with van der Waals surface area (Å²) in [6.07, 6.45) is 5.68. The molecule has 0 fully saturated rings. The number of quaternary nitrogens is 1. The van der Waals surface area contributed by atoms with E-state index >= 15 is 0 Å². The van der Waals surface area contributed by atoms with Gasteiger partial charge in [0, 0.05) is 6.42 Å². The topological polar surface area (TPSA) is 95.5 Å². The fourth-order valence-corrected chi connectivity index (χ4v) is 1.87. The Bertz CT molecular complexity index is 415. The van der Waals surface area contributed by atoms with Crippen LogP contribution in [0.25, 0.3) is 0 Å². The normalized spacial score (nSPS) is 21.8. The van der Waals surface area contributed by atoms with Gasteiger partial charge in [-0.25, -0.2) is 23.6 Å². The van der Waals surface area contributed by atoms with Crippen LogP contribution in [0.2, 0.25) is 0 Å². The molecule has 1 aromatic rings. The van der Waals surface area contributed by atoms with Crippen LogP contribution >= 0.6 is 0 Å². The van der Waals surface area contributed by atoms with Gasteiger partial charge in [0.1, 0.15) is 12.7 Å². The second kappa shape index (κ2) is 6.33. The fourth-order valence-electron chi connectivity index (χ4n) is 1.87. The molecule has 1 heterocycles. The van der Waals surface area contributed by atoms with Crippen LogP contribution in [0.5, 0.6) is 0 Å². The van der Waals surface area contributed by atoms with E-state index in [4.69, 9.17) is 18.6 Å². The molecule has 106 valence electrons. The Balaban J connectivity index is 0.000000312. The van der Waals surface area contributed by atoms with Crippen LogP contribution in [-0.2, 0) is 0 Å². The summed E-state index contributed by atoms with van der Waals surface area (Å²) in [5.41, 5.74) is 1.27. The molecule has 0 aromatic heterocycles. The van der Waals surface area contributed by atoms with E-state index in [1.807, 2.05) is 0 Å². The van der Waals surface area contributed by atoms with Crippen molar-refractivity contribution in [3.05, 3.63) is 42.6 Å². The van der Waals surface area contributed by atoms with E-state index in [0.717, 1.165) is 11.1 Å². The summed E-state index contributed by atoms with van der Waals surface area (Å²) in [7, 11) is -0.568. The first-order valence-corrected chi connectivity index (χ1v) is 6.90. The lowest BCUT2D eigenvalue weighted by Gasteiger charge is -2.36. The molecule has 1 aromatic carbocycles. The highest BCUT2D eigenvalue weighted by atomic mass is 35.7. The number of hydrogen-bond donors (Lipinski definition) is 0. The van der Waals surface area contributed by atoms with Crippen molar-refractivity contribution in [1.29, 1.82) is 0 Å². The minimum absolute atomic E-state index is 0.879. The van der Waals surface area contributed by atoms with E-state index in [-0.39, 0.29) is 0 Å². The lowest BCUT2D eigenvalue weighted by Crippen LogP contribution is -2.68. The second-order valence-electron chi connectivity index (χ2n) is 4.35. The summed E-state index contributed by atoms with van der Waals surface area (Å²) in [5.74, 6) is 0. The van der Waals surface area contributed by atoms with E-state index in [1.54, 1.807) is 0 Å². The lowest BCUT2D eigenvalue weighted by molar-refractivity contribution is -2.00. The van der Waals surface area contributed by atoms with Crippen LogP contribution in [0.4, 0.5) is 5.69 Å². The number of hydrogen-bond acceptors (Lipinski definition) is 5. The van der Waals surface area contributed by atoms with Crippen LogP contribution in [0.1, 0.15) is 6.42 Å². The smallest absolute Gasteiger partial charge is 0.116 e. The third-order valence-corrected chi connectivity index (χ3v) is 2.99. The highest BCUT2D eigenvalue weighted by molar-refractivity contribution is 5.42. The van der Waals surface area contributed by atoms with Crippen molar-refractivity contribution in [2.24, 2.45) is 0 Å². The maximum atomic E-state index is 8.49. The van der Waals surface area contributed by atoms with Gasteiger partial charge in [0.25, 0.3) is 0 Å². The number of nitrogens with zero attached hydrogens (tertiary/aromatic N) is 2. The quantitative estimate of drug-likeness (QED) is 0.568. The predicted molar refractivity (Wildman–Crippen MR) is 59.7 cm³/mol. The maximum Gasteiger partial charge on any atom is 0.116 e. The Morgan fingerprint density at radius 1 is 1.11 bits per heavy atom. The molecule has 0 bridgehead atoms. The van der Waals surface area contributed by atoms with E-state index in [0.29, 0.717) is 0 Å². The first kappa shape index (κ1) is 15.9. The van der Waals surface area contributed by atoms with Crippen molar-refractivity contribution < 1.29 is 33.5 Å². The van der Waals surface area contributed by atoms with Crippen LogP contribution in [0, 0.1) is 10.2 Å². The summed E-state index contributed by atoms with van der Waals surface area (Å²) in [6.45, 7) is 1.16. The Morgan fingerprint density at radius 3 is 2.05 bits per heavy atom. The van der Waals surface area contributed by atoms with Gasteiger partial charge in [-0.3, -0.25) is 0 Å². The van der Waals surface area contributed by atoms with Gasteiger partial charge >= 0.3 is 0 Å². The summed E-state index contributed by atoms with van der Waals surface area (Å²) in [6, 6.07) is 10.5. The monoisotopic (exact) mass is 288 g/mol. The Hall–Kier alpha value is -1.15. The largest absolute Gasteiger partial charge is 0.223 e. The number of halogens is 1. The molecular weight excluding hydrogens is 272 g/mol. The molecule has 7 heteroatoms. The van der Waals surface area contributed by atoms with Crippen molar-refractivity contribution in [2.45, 2.75) is 6.42 Å². The van der Waals surface area contributed by atoms with E-state index in [1.165, 1.54) is 12.1 Å². The second-order valence-corrected chi connectivity index (χ2v) is 5.10. The summed E-state index contributed by atoms with van der Waals surface area (Å²) in [5, 5.41) is 2.30. The highest BCUT2D eigenvalue weighted by Gasteiger charge is 2.28. The third kappa shape index (κ3) is 5.56. The van der Waals surface area contributed by atoms with E-state index < -0.39 is 10.2 Å². The summed E-state index contributed by atoms with van der Waals surface area (Å²) >= 11 is 0. The maximum absolute atomic E-state index is 8.49. The van der Waals surface area contributed by atoms with Crippen LogP contribution < -0.4 is 23.6 Å². The molecule has 6 nitrogen and oxygen atoms in total. The minimum Gasteiger partial charge on any atom is -0.223 e. The molecule has 0 spiro atoms. The molecule has 0 N–H and O–H groups in total. The minimum atomic E-state index is -4.94. The molecule has 1 aliphatic heterocycles. The molecule has 0 aliphatic carbocycles. The van der Waals surface area contributed by atoms with Gasteiger partial charge in [-0.05, 0) is 18.2 Å². The Morgan fingerprint density at radius 2 is 1.63 bits per heavy atom. The zero-order valence-electron chi connectivity index (χ0n) is 10.9.